The first-order valence-electron chi connectivity index (χ1n) is 7.42. The van der Waals surface area contributed by atoms with Gasteiger partial charge in [0.15, 0.2) is 0 Å². The van der Waals surface area contributed by atoms with Crippen LogP contribution in [0.2, 0.25) is 0 Å². The topological polar surface area (TPSA) is 71.3 Å². The van der Waals surface area contributed by atoms with Crippen LogP contribution >= 0.6 is 31.1 Å². The van der Waals surface area contributed by atoms with Gasteiger partial charge >= 0.3 is 7.60 Å². The quantitative estimate of drug-likeness (QED) is 0.282. The maximum absolute atomic E-state index is 13.1. The number of nitrogens with zero attached hydrogens (tertiary/aromatic N) is 1. The minimum atomic E-state index is -3.52. The Morgan fingerprint density at radius 2 is 1.40 bits per heavy atom. The van der Waals surface area contributed by atoms with Gasteiger partial charge in [0.25, 0.3) is 0 Å². The van der Waals surface area contributed by atoms with Crippen LogP contribution < -0.4 is 14.4 Å². The monoisotopic (exact) mass is 394 g/mol. The molecule has 0 aromatic heterocycles. The van der Waals surface area contributed by atoms with Crippen molar-refractivity contribution in [1.82, 2.24) is 5.32 Å². The number of hydrogen-bond acceptors (Lipinski definition) is 7. The minimum absolute atomic E-state index is 0.0604. The third-order valence-corrected chi connectivity index (χ3v) is 6.19. The highest BCUT2D eigenvalue weighted by Crippen LogP contribution is 2.47. The van der Waals surface area contributed by atoms with Gasteiger partial charge in [-0.05, 0) is 61.0 Å². The van der Waals surface area contributed by atoms with E-state index in [1.54, 1.807) is 47.8 Å². The van der Waals surface area contributed by atoms with Crippen LogP contribution in [0.15, 0.2) is 58.3 Å². The van der Waals surface area contributed by atoms with E-state index in [0.717, 1.165) is 9.79 Å². The fourth-order valence-electron chi connectivity index (χ4n) is 1.93. The van der Waals surface area contributed by atoms with E-state index >= 15 is 0 Å². The Kier molecular flexibility index (Phi) is 7.73. The molecule has 2 aromatic rings. The van der Waals surface area contributed by atoms with Gasteiger partial charge in [0.2, 0.25) is 0 Å². The first-order chi connectivity index (χ1) is 12.1. The molecule has 0 heterocycles. The average molecular weight is 394 g/mol. The molecule has 0 radical (unpaired) electrons. The molecular weight excluding hydrogens is 375 g/mol. The summed E-state index contributed by atoms with van der Waals surface area (Å²) in [5, 5.41) is 11.4. The second-order valence-corrected chi connectivity index (χ2v) is 8.55. The molecule has 2 rings (SSSR count). The van der Waals surface area contributed by atoms with E-state index < -0.39 is 7.60 Å². The molecule has 5 nitrogen and oxygen atoms in total. The van der Waals surface area contributed by atoms with Crippen LogP contribution in [-0.2, 0) is 4.57 Å². The first-order valence-corrected chi connectivity index (χ1v) is 11.6. The van der Waals surface area contributed by atoms with Crippen molar-refractivity contribution in [3.05, 3.63) is 48.5 Å². The standard InChI is InChI=1S/C17H19N2O3PS2/c1-24-16-7-3-14(4-8-16)21-23(20,13-19-12-11-18)22-15-5-9-17(25-2)10-6-15/h3-10,19H,12-13H2,1-2H3. The van der Waals surface area contributed by atoms with Gasteiger partial charge in [0, 0.05) is 9.79 Å². The number of benzene rings is 2. The summed E-state index contributed by atoms with van der Waals surface area (Å²) in [5.41, 5.74) is 0. The highest BCUT2D eigenvalue weighted by atomic mass is 32.2. The van der Waals surface area contributed by atoms with Crippen molar-refractivity contribution in [2.45, 2.75) is 9.79 Å². The Balaban J connectivity index is 2.16. The van der Waals surface area contributed by atoms with Crippen LogP contribution in [0.5, 0.6) is 11.5 Å². The number of nitrogens with one attached hydrogen (secondary N) is 1. The molecule has 132 valence electrons. The van der Waals surface area contributed by atoms with Gasteiger partial charge in [-0.1, -0.05) is 0 Å². The van der Waals surface area contributed by atoms with Crippen molar-refractivity contribution in [1.29, 1.82) is 5.26 Å². The Morgan fingerprint density at radius 3 is 1.76 bits per heavy atom. The molecule has 0 aliphatic carbocycles. The molecule has 25 heavy (non-hydrogen) atoms. The van der Waals surface area contributed by atoms with E-state index in [1.165, 1.54) is 0 Å². The molecule has 0 aliphatic rings. The van der Waals surface area contributed by atoms with Crippen molar-refractivity contribution in [3.63, 3.8) is 0 Å². The van der Waals surface area contributed by atoms with Crippen LogP contribution in [0.3, 0.4) is 0 Å². The first kappa shape index (κ1) is 19.7. The molecule has 0 aliphatic heterocycles. The van der Waals surface area contributed by atoms with E-state index in [4.69, 9.17) is 14.3 Å². The van der Waals surface area contributed by atoms with E-state index in [2.05, 4.69) is 5.32 Å². The van der Waals surface area contributed by atoms with Gasteiger partial charge < -0.3 is 9.05 Å². The fourth-order valence-corrected chi connectivity index (χ4v) is 4.18. The molecule has 2 aromatic carbocycles. The van der Waals surface area contributed by atoms with Gasteiger partial charge in [-0.2, -0.15) is 5.26 Å². The molecule has 8 heteroatoms. The lowest BCUT2D eigenvalue weighted by molar-refractivity contribution is 0.382. The van der Waals surface area contributed by atoms with Crippen molar-refractivity contribution in [3.8, 4) is 17.6 Å². The molecule has 0 spiro atoms. The lowest BCUT2D eigenvalue weighted by Gasteiger charge is -2.20. The van der Waals surface area contributed by atoms with Crippen LogP contribution in [0.1, 0.15) is 0 Å². The van der Waals surface area contributed by atoms with E-state index in [-0.39, 0.29) is 12.8 Å². The van der Waals surface area contributed by atoms with Crippen LogP contribution in [0.25, 0.3) is 0 Å². The van der Waals surface area contributed by atoms with E-state index in [1.807, 2.05) is 42.8 Å². The van der Waals surface area contributed by atoms with Gasteiger partial charge in [-0.25, -0.2) is 4.57 Å². The van der Waals surface area contributed by atoms with Crippen LogP contribution in [-0.4, -0.2) is 25.3 Å². The molecular formula is C17H19N2O3PS2. The Hall–Kier alpha value is -1.58. The molecule has 0 atom stereocenters. The highest BCUT2D eigenvalue weighted by Gasteiger charge is 2.28. The maximum atomic E-state index is 13.1. The van der Waals surface area contributed by atoms with Gasteiger partial charge in [0.05, 0.1) is 12.6 Å². The molecule has 0 saturated carbocycles. The predicted octanol–water partition coefficient (Wildman–Crippen LogP) is 4.85. The summed E-state index contributed by atoms with van der Waals surface area (Å²) in [6.07, 6.45) is 3.90. The number of thioether (sulfide) groups is 2. The smallest absolute Gasteiger partial charge is 0.415 e. The summed E-state index contributed by atoms with van der Waals surface area (Å²) >= 11 is 3.22. The van der Waals surface area contributed by atoms with Crippen LogP contribution in [0.4, 0.5) is 0 Å². The Bertz CT molecular complexity index is 707. The zero-order valence-electron chi connectivity index (χ0n) is 14.0. The van der Waals surface area contributed by atoms with Crippen molar-refractivity contribution < 1.29 is 13.6 Å². The molecule has 0 fully saturated rings. The average Bonchev–Trinajstić information content (AvgIpc) is 2.63. The summed E-state index contributed by atoms with van der Waals surface area (Å²) in [5.74, 6) is 0.918. The summed E-state index contributed by atoms with van der Waals surface area (Å²) in [6.45, 7) is 0.0630. The number of nitriles is 1. The summed E-state index contributed by atoms with van der Waals surface area (Å²) in [4.78, 5) is 2.16. The SMILES string of the molecule is CSc1ccc(OP(=O)(CNCC#N)Oc2ccc(SC)cc2)cc1. The molecule has 0 unspecified atom stereocenters. The molecule has 0 saturated heterocycles. The maximum Gasteiger partial charge on any atom is 0.444 e. The Morgan fingerprint density at radius 1 is 0.960 bits per heavy atom. The second kappa shape index (κ2) is 9.79. The van der Waals surface area contributed by atoms with E-state index in [9.17, 15) is 4.57 Å². The minimum Gasteiger partial charge on any atom is -0.415 e. The predicted molar refractivity (Wildman–Crippen MR) is 104 cm³/mol. The lowest BCUT2D eigenvalue weighted by Crippen LogP contribution is -2.20. The van der Waals surface area contributed by atoms with Gasteiger partial charge in [0.1, 0.15) is 17.8 Å². The van der Waals surface area contributed by atoms with Crippen LogP contribution in [0, 0.1) is 11.3 Å². The molecule has 1 N–H and O–H groups in total. The third-order valence-electron chi connectivity index (χ3n) is 3.12. The third kappa shape index (κ3) is 6.33. The number of hydrogen-bond donors (Lipinski definition) is 1. The lowest BCUT2D eigenvalue weighted by atomic mass is 10.3. The molecule has 0 bridgehead atoms. The van der Waals surface area contributed by atoms with Gasteiger partial charge in [-0.3, -0.25) is 5.32 Å². The second-order valence-electron chi connectivity index (χ2n) is 4.89. The largest absolute Gasteiger partial charge is 0.444 e. The summed E-state index contributed by atoms with van der Waals surface area (Å²) in [7, 11) is -3.52. The Labute approximate surface area is 156 Å². The normalized spacial score (nSPS) is 10.9. The number of rotatable bonds is 9. The van der Waals surface area contributed by atoms with Gasteiger partial charge in [-0.15, -0.1) is 23.5 Å². The van der Waals surface area contributed by atoms with E-state index in [0.29, 0.717) is 11.5 Å². The van der Waals surface area contributed by atoms with Crippen molar-refractivity contribution in [2.75, 3.05) is 25.3 Å². The van der Waals surface area contributed by atoms with Crippen molar-refractivity contribution >= 4 is 31.1 Å². The summed E-state index contributed by atoms with van der Waals surface area (Å²) in [6, 6.07) is 16.5. The zero-order valence-corrected chi connectivity index (χ0v) is 16.5. The zero-order chi connectivity index (χ0) is 18.1. The summed E-state index contributed by atoms with van der Waals surface area (Å²) < 4.78 is 24.4. The highest BCUT2D eigenvalue weighted by molar-refractivity contribution is 7.98. The van der Waals surface area contributed by atoms with Crippen molar-refractivity contribution in [2.24, 2.45) is 0 Å². The molecule has 0 amide bonds. The fraction of sp³-hybridized carbons (Fsp3) is 0.235.